The maximum absolute atomic E-state index is 11.1. The van der Waals surface area contributed by atoms with Crippen molar-refractivity contribution in [3.05, 3.63) is 60.2 Å². The van der Waals surface area contributed by atoms with Crippen LogP contribution in [-0.2, 0) is 11.2 Å². The third kappa shape index (κ3) is 4.37. The van der Waals surface area contributed by atoms with Gasteiger partial charge in [-0.15, -0.1) is 0 Å². The van der Waals surface area contributed by atoms with Gasteiger partial charge in [-0.2, -0.15) is 0 Å². The van der Waals surface area contributed by atoms with E-state index in [1.807, 2.05) is 18.2 Å². The van der Waals surface area contributed by atoms with Crippen molar-refractivity contribution < 1.29 is 19.4 Å². The number of hydrogen-bond donors (Lipinski definition) is 1. The predicted molar refractivity (Wildman–Crippen MR) is 115 cm³/mol. The van der Waals surface area contributed by atoms with Crippen LogP contribution >= 0.6 is 0 Å². The SMILES string of the molecule is COc1cc(CCC(=O)O)cc(-c2ccc3ccccc3c2)c1OC1CCCC1. The lowest BCUT2D eigenvalue weighted by atomic mass is 9.96. The van der Waals surface area contributed by atoms with Gasteiger partial charge in [0.15, 0.2) is 11.5 Å². The van der Waals surface area contributed by atoms with Crippen LogP contribution < -0.4 is 9.47 Å². The van der Waals surface area contributed by atoms with Crippen LogP contribution in [0.15, 0.2) is 54.6 Å². The van der Waals surface area contributed by atoms with Crippen LogP contribution in [0, 0.1) is 0 Å². The van der Waals surface area contributed by atoms with Gasteiger partial charge in [0.05, 0.1) is 13.2 Å². The van der Waals surface area contributed by atoms with E-state index in [0.717, 1.165) is 40.7 Å². The molecule has 1 aliphatic carbocycles. The van der Waals surface area contributed by atoms with Crippen LogP contribution in [0.2, 0.25) is 0 Å². The van der Waals surface area contributed by atoms with Gasteiger partial charge >= 0.3 is 5.97 Å². The standard InChI is InChI=1S/C25H26O4/c1-28-23-15-17(10-13-24(26)27)14-22(25(23)29-21-8-4-5-9-21)20-12-11-18-6-2-3-7-19(18)16-20/h2-3,6-7,11-12,14-16,21H,4-5,8-10,13H2,1H3,(H,26,27). The zero-order chi connectivity index (χ0) is 20.2. The van der Waals surface area contributed by atoms with Crippen LogP contribution in [0.5, 0.6) is 11.5 Å². The van der Waals surface area contributed by atoms with Gasteiger partial charge in [-0.3, -0.25) is 4.79 Å². The summed E-state index contributed by atoms with van der Waals surface area (Å²) in [6.07, 6.45) is 5.23. The van der Waals surface area contributed by atoms with Crippen molar-refractivity contribution in [2.45, 2.75) is 44.6 Å². The van der Waals surface area contributed by atoms with Gasteiger partial charge in [0.25, 0.3) is 0 Å². The molecule has 4 nitrogen and oxygen atoms in total. The maximum Gasteiger partial charge on any atom is 0.303 e. The number of aryl methyl sites for hydroxylation is 1. The molecule has 0 atom stereocenters. The van der Waals surface area contributed by atoms with Gasteiger partial charge in [-0.05, 0) is 72.2 Å². The zero-order valence-electron chi connectivity index (χ0n) is 16.7. The Kier molecular flexibility index (Phi) is 5.70. The molecule has 1 fully saturated rings. The summed E-state index contributed by atoms with van der Waals surface area (Å²) in [7, 11) is 1.64. The maximum atomic E-state index is 11.1. The molecule has 4 heteroatoms. The summed E-state index contributed by atoms with van der Waals surface area (Å²) < 4.78 is 12.1. The van der Waals surface area contributed by atoms with Gasteiger partial charge in [0.2, 0.25) is 0 Å². The van der Waals surface area contributed by atoms with E-state index in [9.17, 15) is 4.79 Å². The number of carboxylic acid groups (broad SMARTS) is 1. The summed E-state index contributed by atoms with van der Waals surface area (Å²) in [6, 6.07) is 18.6. The van der Waals surface area contributed by atoms with Gasteiger partial charge in [0.1, 0.15) is 0 Å². The highest BCUT2D eigenvalue weighted by atomic mass is 16.5. The molecule has 0 saturated heterocycles. The van der Waals surface area contributed by atoms with E-state index in [1.165, 1.54) is 18.2 Å². The minimum Gasteiger partial charge on any atom is -0.493 e. The second kappa shape index (κ2) is 8.56. The predicted octanol–water partition coefficient (Wildman–Crippen LogP) is 5.85. The number of methoxy groups -OCH3 is 1. The fourth-order valence-electron chi connectivity index (χ4n) is 4.07. The fourth-order valence-corrected chi connectivity index (χ4v) is 4.07. The van der Waals surface area contributed by atoms with E-state index in [0.29, 0.717) is 12.2 Å². The van der Waals surface area contributed by atoms with Crippen molar-refractivity contribution in [2.24, 2.45) is 0 Å². The van der Waals surface area contributed by atoms with Crippen LogP contribution in [0.25, 0.3) is 21.9 Å². The molecule has 1 aliphatic rings. The first-order valence-electron chi connectivity index (χ1n) is 10.2. The highest BCUT2D eigenvalue weighted by molar-refractivity contribution is 5.89. The molecule has 0 spiro atoms. The highest BCUT2D eigenvalue weighted by Gasteiger charge is 2.22. The molecule has 150 valence electrons. The van der Waals surface area contributed by atoms with Crippen molar-refractivity contribution in [2.75, 3.05) is 7.11 Å². The third-order valence-electron chi connectivity index (χ3n) is 5.61. The minimum atomic E-state index is -0.803. The minimum absolute atomic E-state index is 0.0865. The number of fused-ring (bicyclic) bond motifs is 1. The Labute approximate surface area is 171 Å². The van der Waals surface area contributed by atoms with Crippen LogP contribution in [-0.4, -0.2) is 24.3 Å². The summed E-state index contributed by atoms with van der Waals surface area (Å²) in [5, 5.41) is 11.4. The number of carboxylic acids is 1. The molecule has 0 amide bonds. The first-order chi connectivity index (χ1) is 14.1. The molecule has 0 unspecified atom stereocenters. The van der Waals surface area contributed by atoms with Gasteiger partial charge in [0, 0.05) is 12.0 Å². The second-order valence-corrected chi connectivity index (χ2v) is 7.65. The lowest BCUT2D eigenvalue weighted by Crippen LogP contribution is -2.12. The van der Waals surface area contributed by atoms with Crippen molar-refractivity contribution in [1.82, 2.24) is 0 Å². The molecule has 29 heavy (non-hydrogen) atoms. The molecular formula is C25H26O4. The molecule has 0 radical (unpaired) electrons. The summed E-state index contributed by atoms with van der Waals surface area (Å²) in [5.41, 5.74) is 2.95. The lowest BCUT2D eigenvalue weighted by Gasteiger charge is -2.21. The van der Waals surface area contributed by atoms with Gasteiger partial charge in [-0.25, -0.2) is 0 Å². The van der Waals surface area contributed by atoms with Crippen LogP contribution in [0.3, 0.4) is 0 Å². The fraction of sp³-hybridized carbons (Fsp3) is 0.320. The summed E-state index contributed by atoms with van der Waals surface area (Å²) in [4.78, 5) is 11.1. The molecule has 0 aliphatic heterocycles. The Balaban J connectivity index is 1.81. The molecule has 1 N–H and O–H groups in total. The first kappa shape index (κ1) is 19.3. The molecule has 0 bridgehead atoms. The van der Waals surface area contributed by atoms with Gasteiger partial charge in [-0.1, -0.05) is 36.4 Å². The van der Waals surface area contributed by atoms with E-state index in [1.54, 1.807) is 7.11 Å². The Hall–Kier alpha value is -3.01. The molecule has 0 heterocycles. The number of benzene rings is 3. The van der Waals surface area contributed by atoms with Crippen molar-refractivity contribution in [3.63, 3.8) is 0 Å². The Morgan fingerprint density at radius 1 is 1.03 bits per heavy atom. The summed E-state index contributed by atoms with van der Waals surface area (Å²) in [6.45, 7) is 0. The molecular weight excluding hydrogens is 364 g/mol. The normalized spacial score (nSPS) is 14.2. The zero-order valence-corrected chi connectivity index (χ0v) is 16.7. The number of rotatable bonds is 7. The van der Waals surface area contributed by atoms with E-state index < -0.39 is 5.97 Å². The van der Waals surface area contributed by atoms with Gasteiger partial charge < -0.3 is 14.6 Å². The molecule has 0 aromatic heterocycles. The van der Waals surface area contributed by atoms with E-state index in [-0.39, 0.29) is 12.5 Å². The van der Waals surface area contributed by atoms with Crippen molar-refractivity contribution in [1.29, 1.82) is 0 Å². The third-order valence-corrected chi connectivity index (χ3v) is 5.61. The van der Waals surface area contributed by atoms with Crippen LogP contribution in [0.1, 0.15) is 37.7 Å². The summed E-state index contributed by atoms with van der Waals surface area (Å²) in [5.74, 6) is 0.624. The first-order valence-corrected chi connectivity index (χ1v) is 10.2. The van der Waals surface area contributed by atoms with Crippen molar-refractivity contribution in [3.8, 4) is 22.6 Å². The van der Waals surface area contributed by atoms with Crippen molar-refractivity contribution >= 4 is 16.7 Å². The Bertz CT molecular complexity index is 1020. The van der Waals surface area contributed by atoms with E-state index >= 15 is 0 Å². The number of hydrogen-bond acceptors (Lipinski definition) is 3. The Morgan fingerprint density at radius 2 is 1.79 bits per heavy atom. The molecule has 3 aromatic carbocycles. The number of ether oxygens (including phenoxy) is 2. The number of aliphatic carboxylic acids is 1. The quantitative estimate of drug-likeness (QED) is 0.549. The largest absolute Gasteiger partial charge is 0.493 e. The molecule has 4 rings (SSSR count). The Morgan fingerprint density at radius 3 is 2.52 bits per heavy atom. The highest BCUT2D eigenvalue weighted by Crippen LogP contribution is 2.42. The molecule has 3 aromatic rings. The second-order valence-electron chi connectivity index (χ2n) is 7.65. The topological polar surface area (TPSA) is 55.8 Å². The lowest BCUT2D eigenvalue weighted by molar-refractivity contribution is -0.136. The van der Waals surface area contributed by atoms with E-state index in [2.05, 4.69) is 36.4 Å². The smallest absolute Gasteiger partial charge is 0.303 e. The summed E-state index contributed by atoms with van der Waals surface area (Å²) >= 11 is 0. The average Bonchev–Trinajstić information content (AvgIpc) is 3.25. The average molecular weight is 390 g/mol. The number of carbonyl (C=O) groups is 1. The van der Waals surface area contributed by atoms with Crippen LogP contribution in [0.4, 0.5) is 0 Å². The molecule has 1 saturated carbocycles. The van der Waals surface area contributed by atoms with E-state index in [4.69, 9.17) is 14.6 Å². The monoisotopic (exact) mass is 390 g/mol.